The molecule has 0 saturated carbocycles. The van der Waals surface area contributed by atoms with Crippen LogP contribution in [-0.2, 0) is 9.59 Å². The number of carbonyl (C=O) groups excluding carboxylic acids is 1. The number of hydrogen-bond acceptors (Lipinski definition) is 4. The van der Waals surface area contributed by atoms with Crippen LogP contribution in [0.1, 0.15) is 26.2 Å². The fourth-order valence-electron chi connectivity index (χ4n) is 1.11. The Morgan fingerprint density at radius 1 is 1.50 bits per heavy atom. The summed E-state index contributed by atoms with van der Waals surface area (Å²) in [7, 11) is 0. The molecule has 0 aromatic heterocycles. The Labute approximate surface area is 94.4 Å². The van der Waals surface area contributed by atoms with Crippen molar-refractivity contribution in [3.8, 4) is 6.07 Å². The van der Waals surface area contributed by atoms with Crippen molar-refractivity contribution in [1.29, 1.82) is 5.26 Å². The number of aliphatic carboxylic acids is 1. The Hall–Kier alpha value is -1.61. The molecule has 0 aromatic carbocycles. The molecule has 1 amide bonds. The highest BCUT2D eigenvalue weighted by atomic mass is 16.4. The van der Waals surface area contributed by atoms with Crippen molar-refractivity contribution in [3.05, 3.63) is 0 Å². The molecule has 0 bridgehead atoms. The van der Waals surface area contributed by atoms with E-state index in [9.17, 15) is 9.59 Å². The first-order valence-electron chi connectivity index (χ1n) is 5.15. The average molecular weight is 227 g/mol. The maximum Gasteiger partial charge on any atom is 0.326 e. The van der Waals surface area contributed by atoms with Crippen molar-refractivity contribution in [2.75, 3.05) is 6.54 Å². The predicted octanol–water partition coefficient (Wildman–Crippen LogP) is -0.156. The molecule has 16 heavy (non-hydrogen) atoms. The summed E-state index contributed by atoms with van der Waals surface area (Å²) >= 11 is 0. The van der Waals surface area contributed by atoms with E-state index in [1.54, 1.807) is 6.07 Å². The molecule has 0 aliphatic rings. The smallest absolute Gasteiger partial charge is 0.326 e. The number of nitrogens with one attached hydrogen (secondary N) is 1. The van der Waals surface area contributed by atoms with Crippen LogP contribution in [0.2, 0.25) is 0 Å². The average Bonchev–Trinajstić information content (AvgIpc) is 2.26. The first-order valence-corrected chi connectivity index (χ1v) is 5.15. The van der Waals surface area contributed by atoms with Gasteiger partial charge in [-0.2, -0.15) is 5.26 Å². The summed E-state index contributed by atoms with van der Waals surface area (Å²) < 4.78 is 0. The zero-order chi connectivity index (χ0) is 12.6. The van der Waals surface area contributed by atoms with Crippen LogP contribution in [0.4, 0.5) is 0 Å². The van der Waals surface area contributed by atoms with E-state index in [0.29, 0.717) is 25.8 Å². The number of rotatable bonds is 7. The Kier molecular flexibility index (Phi) is 6.88. The number of nitrogens with zero attached hydrogens (tertiary/aromatic N) is 1. The Morgan fingerprint density at radius 3 is 2.56 bits per heavy atom. The van der Waals surface area contributed by atoms with E-state index < -0.39 is 23.8 Å². The first kappa shape index (κ1) is 14.4. The molecular formula is C10H17N3O3. The number of unbranched alkanes of at least 4 members (excludes halogenated alkanes) is 1. The van der Waals surface area contributed by atoms with Gasteiger partial charge in [-0.1, -0.05) is 0 Å². The lowest BCUT2D eigenvalue weighted by Crippen LogP contribution is -2.42. The number of carboxylic acids is 1. The molecular weight excluding hydrogens is 210 g/mol. The normalized spacial score (nSPS) is 13.6. The van der Waals surface area contributed by atoms with Gasteiger partial charge in [-0.3, -0.25) is 4.79 Å². The van der Waals surface area contributed by atoms with Crippen LogP contribution < -0.4 is 11.1 Å². The third-order valence-corrected chi connectivity index (χ3v) is 2.15. The minimum Gasteiger partial charge on any atom is -0.480 e. The predicted molar refractivity (Wildman–Crippen MR) is 57.2 cm³/mol. The Morgan fingerprint density at radius 2 is 2.12 bits per heavy atom. The fraction of sp³-hybridized carbons (Fsp3) is 0.700. The summed E-state index contributed by atoms with van der Waals surface area (Å²) in [4.78, 5) is 22.1. The molecule has 0 rings (SSSR count). The highest BCUT2D eigenvalue weighted by molar-refractivity contribution is 5.86. The van der Waals surface area contributed by atoms with E-state index in [-0.39, 0.29) is 0 Å². The van der Waals surface area contributed by atoms with E-state index in [1.807, 2.05) is 0 Å². The standard InChI is InChI=1S/C10H17N3O3/c1-7(6-12)9(14)13-8(10(15)16)4-2-3-5-11/h7-8H,2-5,11H2,1H3,(H,13,14)(H,15,16)/t7?,8-/m0/s1. The van der Waals surface area contributed by atoms with Crippen LogP contribution >= 0.6 is 0 Å². The van der Waals surface area contributed by atoms with Crippen LogP contribution in [0.3, 0.4) is 0 Å². The van der Waals surface area contributed by atoms with Crippen molar-refractivity contribution >= 4 is 11.9 Å². The van der Waals surface area contributed by atoms with Gasteiger partial charge in [-0.05, 0) is 32.7 Å². The molecule has 90 valence electrons. The number of nitriles is 1. The maximum atomic E-state index is 11.3. The first-order chi connectivity index (χ1) is 7.52. The molecule has 0 aromatic rings. The third kappa shape index (κ3) is 5.32. The van der Waals surface area contributed by atoms with E-state index in [0.717, 1.165) is 0 Å². The molecule has 0 aliphatic carbocycles. The van der Waals surface area contributed by atoms with Crippen molar-refractivity contribution < 1.29 is 14.7 Å². The second-order valence-corrected chi connectivity index (χ2v) is 3.53. The number of carboxylic acid groups (broad SMARTS) is 1. The summed E-state index contributed by atoms with van der Waals surface area (Å²) in [6.45, 7) is 1.92. The van der Waals surface area contributed by atoms with Crippen LogP contribution in [0, 0.1) is 17.2 Å². The maximum absolute atomic E-state index is 11.3. The van der Waals surface area contributed by atoms with Crippen molar-refractivity contribution in [1.82, 2.24) is 5.32 Å². The molecule has 0 radical (unpaired) electrons. The second-order valence-electron chi connectivity index (χ2n) is 3.53. The van der Waals surface area contributed by atoms with Crippen LogP contribution in [0.5, 0.6) is 0 Å². The SMILES string of the molecule is CC(C#N)C(=O)N[C@@H](CCCCN)C(=O)O. The lowest BCUT2D eigenvalue weighted by molar-refractivity contribution is -0.142. The molecule has 1 unspecified atom stereocenters. The summed E-state index contributed by atoms with van der Waals surface area (Å²) in [6, 6.07) is 0.816. The van der Waals surface area contributed by atoms with E-state index in [2.05, 4.69) is 5.32 Å². The number of hydrogen-bond donors (Lipinski definition) is 3. The summed E-state index contributed by atoms with van der Waals surface area (Å²) in [6.07, 6.45) is 1.68. The summed E-state index contributed by atoms with van der Waals surface area (Å²) in [5.41, 5.74) is 5.28. The van der Waals surface area contributed by atoms with Gasteiger partial charge in [0.15, 0.2) is 0 Å². The minimum absolute atomic E-state index is 0.330. The Balaban J connectivity index is 4.19. The van der Waals surface area contributed by atoms with Gasteiger partial charge in [-0.25, -0.2) is 4.79 Å². The van der Waals surface area contributed by atoms with Crippen LogP contribution in [0.25, 0.3) is 0 Å². The van der Waals surface area contributed by atoms with Gasteiger partial charge in [0.25, 0.3) is 0 Å². The van der Waals surface area contributed by atoms with Gasteiger partial charge in [0.05, 0.1) is 6.07 Å². The molecule has 0 spiro atoms. The van der Waals surface area contributed by atoms with Crippen LogP contribution in [-0.4, -0.2) is 29.6 Å². The largest absolute Gasteiger partial charge is 0.480 e. The number of amides is 1. The molecule has 0 heterocycles. The topological polar surface area (TPSA) is 116 Å². The molecule has 6 heteroatoms. The second kappa shape index (κ2) is 7.65. The van der Waals surface area contributed by atoms with Crippen molar-refractivity contribution in [2.45, 2.75) is 32.2 Å². The lowest BCUT2D eigenvalue weighted by atomic mass is 10.1. The number of nitrogens with two attached hydrogens (primary N) is 1. The Bertz CT molecular complexity index is 286. The molecule has 4 N–H and O–H groups in total. The van der Waals surface area contributed by atoms with Gasteiger partial charge < -0.3 is 16.2 Å². The monoisotopic (exact) mass is 227 g/mol. The van der Waals surface area contributed by atoms with Gasteiger partial charge in [0.1, 0.15) is 12.0 Å². The minimum atomic E-state index is -1.09. The van der Waals surface area contributed by atoms with Gasteiger partial charge in [0, 0.05) is 0 Å². The molecule has 0 saturated heterocycles. The van der Waals surface area contributed by atoms with Gasteiger partial charge in [0.2, 0.25) is 5.91 Å². The molecule has 2 atom stereocenters. The van der Waals surface area contributed by atoms with E-state index in [4.69, 9.17) is 16.1 Å². The molecule has 0 fully saturated rings. The quantitative estimate of drug-likeness (QED) is 0.523. The molecule has 6 nitrogen and oxygen atoms in total. The van der Waals surface area contributed by atoms with Crippen molar-refractivity contribution in [3.63, 3.8) is 0 Å². The van der Waals surface area contributed by atoms with Crippen LogP contribution in [0.15, 0.2) is 0 Å². The van der Waals surface area contributed by atoms with E-state index >= 15 is 0 Å². The fourth-order valence-corrected chi connectivity index (χ4v) is 1.11. The molecule has 0 aliphatic heterocycles. The van der Waals surface area contributed by atoms with E-state index in [1.165, 1.54) is 6.92 Å². The highest BCUT2D eigenvalue weighted by Gasteiger charge is 2.22. The summed E-state index contributed by atoms with van der Waals surface area (Å²) in [5, 5.41) is 19.7. The van der Waals surface area contributed by atoms with Crippen molar-refractivity contribution in [2.24, 2.45) is 11.7 Å². The van der Waals surface area contributed by atoms with Gasteiger partial charge >= 0.3 is 5.97 Å². The number of carbonyl (C=O) groups is 2. The zero-order valence-corrected chi connectivity index (χ0v) is 9.27. The van der Waals surface area contributed by atoms with Gasteiger partial charge in [-0.15, -0.1) is 0 Å². The lowest BCUT2D eigenvalue weighted by Gasteiger charge is -2.14. The highest BCUT2D eigenvalue weighted by Crippen LogP contribution is 2.02. The zero-order valence-electron chi connectivity index (χ0n) is 9.27. The summed E-state index contributed by atoms with van der Waals surface area (Å²) in [5.74, 6) is -2.48. The third-order valence-electron chi connectivity index (χ3n) is 2.15.